The van der Waals surface area contributed by atoms with E-state index in [1.807, 2.05) is 13.2 Å². The number of rotatable bonds is 4. The molecule has 20 heavy (non-hydrogen) atoms. The molecule has 1 saturated heterocycles. The van der Waals surface area contributed by atoms with Crippen LogP contribution in [0.25, 0.3) is 10.4 Å². The lowest BCUT2D eigenvalue weighted by Gasteiger charge is -2.15. The van der Waals surface area contributed by atoms with E-state index in [-0.39, 0.29) is 6.61 Å². The number of hydrogen-bond donors (Lipinski definition) is 1. The van der Waals surface area contributed by atoms with Crippen LogP contribution in [-0.4, -0.2) is 39.7 Å². The Morgan fingerprint density at radius 3 is 3.10 bits per heavy atom. The van der Waals surface area contributed by atoms with Gasteiger partial charge in [-0.15, -0.1) is 11.8 Å². The van der Waals surface area contributed by atoms with Gasteiger partial charge in [-0.2, -0.15) is 4.98 Å². The monoisotopic (exact) mass is 297 g/mol. The number of nitrogens with zero attached hydrogens (tertiary/aromatic N) is 5. The molecule has 1 aliphatic rings. The predicted octanol–water partition coefficient (Wildman–Crippen LogP) is 1.23. The van der Waals surface area contributed by atoms with Crippen LogP contribution in [0.3, 0.4) is 0 Å². The van der Waals surface area contributed by atoms with Gasteiger partial charge in [-0.3, -0.25) is 4.57 Å². The maximum Gasteiger partial charge on any atom is 0.350 e. The van der Waals surface area contributed by atoms with Crippen molar-refractivity contribution in [1.82, 2.24) is 9.55 Å². The molecule has 1 aliphatic heterocycles. The predicted molar refractivity (Wildman–Crippen MR) is 73.6 cm³/mol. The van der Waals surface area contributed by atoms with Gasteiger partial charge in [-0.05, 0) is 24.3 Å². The largest absolute Gasteiger partial charge is 0.394 e. The number of thioether (sulfide) groups is 1. The molecule has 2 heterocycles. The van der Waals surface area contributed by atoms with Gasteiger partial charge in [-0.25, -0.2) is 4.79 Å². The zero-order valence-corrected chi connectivity index (χ0v) is 11.9. The first kappa shape index (κ1) is 14.9. The molecular weight excluding hydrogens is 282 g/mol. The number of aliphatic hydroxyl groups is 1. The van der Waals surface area contributed by atoms with Crippen LogP contribution in [0.1, 0.15) is 18.2 Å². The van der Waals surface area contributed by atoms with Crippen molar-refractivity contribution in [2.24, 2.45) is 5.11 Å². The van der Waals surface area contributed by atoms with E-state index in [9.17, 15) is 9.90 Å². The number of ether oxygens (including phenoxy) is 1. The Kier molecular flexibility index (Phi) is 4.66. The highest BCUT2D eigenvalue weighted by molar-refractivity contribution is 7.98. The van der Waals surface area contributed by atoms with E-state index in [4.69, 9.17) is 10.3 Å². The first-order valence-corrected chi connectivity index (χ1v) is 7.27. The highest BCUT2D eigenvalue weighted by Crippen LogP contribution is 2.30. The summed E-state index contributed by atoms with van der Waals surface area (Å²) in [6, 6.07) is -0.484. The lowest BCUT2D eigenvalue weighted by Crippen LogP contribution is -2.28. The lowest BCUT2D eigenvalue weighted by molar-refractivity contribution is -0.0272. The van der Waals surface area contributed by atoms with Crippen molar-refractivity contribution in [2.75, 3.05) is 12.9 Å². The number of aliphatic hydroxyl groups excluding tert-OH is 1. The molecule has 3 atom stereocenters. The average molecular weight is 297 g/mol. The van der Waals surface area contributed by atoms with E-state index in [0.29, 0.717) is 11.4 Å². The van der Waals surface area contributed by atoms with Crippen molar-refractivity contribution in [2.45, 2.75) is 36.7 Å². The van der Waals surface area contributed by atoms with Crippen molar-refractivity contribution in [1.29, 1.82) is 0 Å². The van der Waals surface area contributed by atoms with E-state index >= 15 is 0 Å². The maximum atomic E-state index is 12.0. The molecule has 2 rings (SSSR count). The highest BCUT2D eigenvalue weighted by atomic mass is 32.2. The third-order valence-corrected chi connectivity index (χ3v) is 3.98. The second kappa shape index (κ2) is 6.27. The molecule has 1 N–H and O–H groups in total. The van der Waals surface area contributed by atoms with Crippen LogP contribution in [0.2, 0.25) is 0 Å². The van der Waals surface area contributed by atoms with Gasteiger partial charge < -0.3 is 9.84 Å². The maximum absolute atomic E-state index is 12.0. The molecule has 0 radical (unpaired) electrons. The summed E-state index contributed by atoms with van der Waals surface area (Å²) in [6.45, 7) is 1.60. The van der Waals surface area contributed by atoms with Crippen LogP contribution in [0.5, 0.6) is 0 Å². The van der Waals surface area contributed by atoms with E-state index in [0.717, 1.165) is 5.56 Å². The molecule has 0 spiro atoms. The zero-order valence-electron chi connectivity index (χ0n) is 11.1. The van der Waals surface area contributed by atoms with Crippen LogP contribution < -0.4 is 5.69 Å². The molecule has 0 saturated carbocycles. The topological polar surface area (TPSA) is 113 Å². The van der Waals surface area contributed by atoms with Gasteiger partial charge in [0.15, 0.2) is 0 Å². The van der Waals surface area contributed by atoms with E-state index in [1.165, 1.54) is 16.3 Å². The van der Waals surface area contributed by atoms with Crippen molar-refractivity contribution in [3.63, 3.8) is 0 Å². The minimum absolute atomic E-state index is 0.260. The quantitative estimate of drug-likeness (QED) is 0.295. The Hall–Kier alpha value is -1.54. The van der Waals surface area contributed by atoms with Gasteiger partial charge in [0.25, 0.3) is 0 Å². The zero-order chi connectivity index (χ0) is 14.7. The molecule has 1 aromatic heterocycles. The number of aryl methyl sites for hydroxylation is 1. The van der Waals surface area contributed by atoms with Crippen molar-refractivity contribution >= 4 is 11.8 Å². The van der Waals surface area contributed by atoms with E-state index in [1.54, 1.807) is 6.20 Å². The Labute approximate surface area is 119 Å². The van der Waals surface area contributed by atoms with Gasteiger partial charge in [0.05, 0.1) is 18.8 Å². The molecule has 8 nitrogen and oxygen atoms in total. The fraction of sp³-hybridized carbons (Fsp3) is 0.636. The Balaban J connectivity index is 2.31. The molecule has 1 fully saturated rings. The van der Waals surface area contributed by atoms with Crippen LogP contribution in [-0.2, 0) is 4.74 Å². The standard InChI is InChI=1S/C11H15N5O3S/c1-6-4-16(11(18)13-10(6)20-2)9-3-7(14-15-12)8(5-17)19-9/h4,7-9,17H,3,5H2,1-2H3/t7-,8+,9-/m0/s1. The van der Waals surface area contributed by atoms with Crippen molar-refractivity contribution in [3.8, 4) is 0 Å². The minimum Gasteiger partial charge on any atom is -0.394 e. The number of hydrogen-bond acceptors (Lipinski definition) is 6. The van der Waals surface area contributed by atoms with Crippen molar-refractivity contribution < 1.29 is 9.84 Å². The summed E-state index contributed by atoms with van der Waals surface area (Å²) < 4.78 is 6.95. The van der Waals surface area contributed by atoms with Crippen LogP contribution in [0.15, 0.2) is 21.1 Å². The third-order valence-electron chi connectivity index (χ3n) is 3.18. The average Bonchev–Trinajstić information content (AvgIpc) is 2.84. The van der Waals surface area contributed by atoms with E-state index in [2.05, 4.69) is 15.0 Å². The molecule has 0 bridgehead atoms. The Morgan fingerprint density at radius 2 is 2.50 bits per heavy atom. The summed E-state index contributed by atoms with van der Waals surface area (Å²) >= 11 is 1.40. The number of azide groups is 1. The van der Waals surface area contributed by atoms with Crippen LogP contribution in [0.4, 0.5) is 0 Å². The fourth-order valence-electron chi connectivity index (χ4n) is 2.20. The van der Waals surface area contributed by atoms with Crippen LogP contribution >= 0.6 is 11.8 Å². The van der Waals surface area contributed by atoms with E-state index < -0.39 is 24.1 Å². The second-order valence-electron chi connectivity index (χ2n) is 4.44. The molecule has 1 aromatic rings. The molecule has 0 amide bonds. The van der Waals surface area contributed by atoms with Gasteiger partial charge in [0.2, 0.25) is 0 Å². The molecule has 9 heteroatoms. The second-order valence-corrected chi connectivity index (χ2v) is 5.24. The van der Waals surface area contributed by atoms with Crippen molar-refractivity contribution in [3.05, 3.63) is 32.7 Å². The van der Waals surface area contributed by atoms with Crippen LogP contribution in [0, 0.1) is 6.92 Å². The van der Waals surface area contributed by atoms with Gasteiger partial charge in [0, 0.05) is 17.5 Å². The minimum atomic E-state index is -0.594. The lowest BCUT2D eigenvalue weighted by atomic mass is 10.1. The SMILES string of the molecule is CSc1nc(=O)n([C@@H]2C[C@H](N=[N+]=[N-])[C@@H](CO)O2)cc1C. The fourth-order valence-corrected chi connectivity index (χ4v) is 2.75. The summed E-state index contributed by atoms with van der Waals surface area (Å²) in [7, 11) is 0. The summed E-state index contributed by atoms with van der Waals surface area (Å²) in [5.74, 6) is 0. The first-order chi connectivity index (χ1) is 9.60. The number of aromatic nitrogens is 2. The molecule has 0 aliphatic carbocycles. The third kappa shape index (κ3) is 2.80. The van der Waals surface area contributed by atoms with Gasteiger partial charge in [0.1, 0.15) is 11.3 Å². The summed E-state index contributed by atoms with van der Waals surface area (Å²) in [5.41, 5.74) is 8.96. The molecular formula is C11H15N5O3S. The smallest absolute Gasteiger partial charge is 0.350 e. The summed E-state index contributed by atoms with van der Waals surface area (Å²) in [6.07, 6.45) is 2.71. The molecule has 108 valence electrons. The Bertz CT molecular complexity index is 598. The first-order valence-electron chi connectivity index (χ1n) is 6.05. The molecule has 0 unspecified atom stereocenters. The normalized spacial score (nSPS) is 25.4. The van der Waals surface area contributed by atoms with Gasteiger partial charge >= 0.3 is 5.69 Å². The summed E-state index contributed by atoms with van der Waals surface area (Å²) in [5, 5.41) is 13.5. The Morgan fingerprint density at radius 1 is 1.75 bits per heavy atom. The highest BCUT2D eigenvalue weighted by Gasteiger charge is 2.35. The molecule has 0 aromatic carbocycles. The summed E-state index contributed by atoms with van der Waals surface area (Å²) in [4.78, 5) is 18.7. The van der Waals surface area contributed by atoms with Gasteiger partial charge in [-0.1, -0.05) is 5.11 Å².